The van der Waals surface area contributed by atoms with Gasteiger partial charge < -0.3 is 15.5 Å². The molecule has 3 heterocycles. The van der Waals surface area contributed by atoms with Crippen LogP contribution in [-0.2, 0) is 0 Å². The van der Waals surface area contributed by atoms with Gasteiger partial charge in [0.1, 0.15) is 10.8 Å². The van der Waals surface area contributed by atoms with Crippen molar-refractivity contribution in [1.29, 1.82) is 0 Å². The molecule has 0 aliphatic carbocycles. The third-order valence-electron chi connectivity index (χ3n) is 5.37. The van der Waals surface area contributed by atoms with Crippen molar-refractivity contribution >= 4 is 40.8 Å². The number of para-hydroxylation sites is 1. The number of halogens is 2. The van der Waals surface area contributed by atoms with Crippen LogP contribution in [0.5, 0.6) is 0 Å². The largest absolute Gasteiger partial charge is 0.349 e. The molecule has 29 heavy (non-hydrogen) atoms. The first-order valence-corrected chi connectivity index (χ1v) is 10.2. The van der Waals surface area contributed by atoms with Crippen LogP contribution < -0.4 is 10.6 Å². The van der Waals surface area contributed by atoms with Gasteiger partial charge in [-0.15, -0.1) is 0 Å². The Balaban J connectivity index is 1.40. The summed E-state index contributed by atoms with van der Waals surface area (Å²) in [5.41, 5.74) is 0.873. The van der Waals surface area contributed by atoms with Crippen LogP contribution in [0.25, 0.3) is 0 Å². The normalized spacial score (nSPS) is 23.0. The van der Waals surface area contributed by atoms with Crippen molar-refractivity contribution in [3.05, 3.63) is 58.3 Å². The number of fused-ring (bicyclic) bond motifs is 2. The second-order valence-corrected chi connectivity index (χ2v) is 8.01. The number of piperazine rings is 1. The highest BCUT2D eigenvalue weighted by molar-refractivity contribution is 6.34. The van der Waals surface area contributed by atoms with Gasteiger partial charge in [0, 0.05) is 44.0 Å². The fourth-order valence-corrected chi connectivity index (χ4v) is 4.22. The van der Waals surface area contributed by atoms with Crippen LogP contribution in [0.2, 0.25) is 10.2 Å². The molecule has 1 aromatic carbocycles. The number of benzene rings is 1. The SMILES string of the molecule is O=C(NCC1CN(C(=O)Nc2ccccc2)C2CCN1C2)c1nc(Cl)ccc1Cl. The third-order valence-corrected chi connectivity index (χ3v) is 5.89. The summed E-state index contributed by atoms with van der Waals surface area (Å²) in [4.78, 5) is 33.5. The number of anilines is 1. The number of nitrogens with one attached hydrogen (secondary N) is 2. The lowest BCUT2D eigenvalue weighted by Gasteiger charge is -2.40. The van der Waals surface area contributed by atoms with Gasteiger partial charge in [-0.3, -0.25) is 9.69 Å². The van der Waals surface area contributed by atoms with Crippen LogP contribution in [0.3, 0.4) is 0 Å². The molecule has 4 rings (SSSR count). The molecule has 1 aromatic heterocycles. The monoisotopic (exact) mass is 433 g/mol. The number of pyridine rings is 1. The Morgan fingerprint density at radius 2 is 1.90 bits per heavy atom. The second-order valence-electron chi connectivity index (χ2n) is 7.21. The maximum absolute atomic E-state index is 12.8. The van der Waals surface area contributed by atoms with Crippen LogP contribution >= 0.6 is 23.2 Å². The summed E-state index contributed by atoms with van der Waals surface area (Å²) in [6.07, 6.45) is 0.925. The van der Waals surface area contributed by atoms with Gasteiger partial charge in [-0.05, 0) is 30.7 Å². The third kappa shape index (κ3) is 4.47. The Hall–Kier alpha value is -2.35. The molecule has 2 aliphatic heterocycles. The average Bonchev–Trinajstić information content (AvgIpc) is 3.13. The van der Waals surface area contributed by atoms with E-state index in [1.165, 1.54) is 6.07 Å². The summed E-state index contributed by atoms with van der Waals surface area (Å²) in [7, 11) is 0. The summed E-state index contributed by atoms with van der Waals surface area (Å²) >= 11 is 11.9. The van der Waals surface area contributed by atoms with Crippen LogP contribution in [0.15, 0.2) is 42.5 Å². The molecule has 2 saturated heterocycles. The predicted octanol–water partition coefficient (Wildman–Crippen LogP) is 3.11. The van der Waals surface area contributed by atoms with Crippen molar-refractivity contribution in [3.8, 4) is 0 Å². The zero-order chi connectivity index (χ0) is 20.4. The molecule has 152 valence electrons. The van der Waals surface area contributed by atoms with E-state index in [-0.39, 0.29) is 39.9 Å². The van der Waals surface area contributed by atoms with Gasteiger partial charge in [0.15, 0.2) is 0 Å². The highest BCUT2D eigenvalue weighted by Gasteiger charge is 2.40. The van der Waals surface area contributed by atoms with Crippen LogP contribution in [0.1, 0.15) is 16.9 Å². The molecule has 2 fully saturated rings. The molecule has 0 saturated carbocycles. The van der Waals surface area contributed by atoms with Gasteiger partial charge in [0.25, 0.3) is 5.91 Å². The Labute approximate surface area is 179 Å². The molecule has 0 spiro atoms. The van der Waals surface area contributed by atoms with Gasteiger partial charge in [-0.1, -0.05) is 41.4 Å². The molecule has 3 unspecified atom stereocenters. The Morgan fingerprint density at radius 1 is 1.10 bits per heavy atom. The van der Waals surface area contributed by atoms with E-state index in [4.69, 9.17) is 23.2 Å². The standard InChI is InChI=1S/C20H21Cl2N5O2/c21-16-6-7-17(22)25-18(16)19(28)23-10-15-12-27(14-8-9-26(15)11-14)20(29)24-13-4-2-1-3-5-13/h1-7,14-15H,8-12H2,(H,23,28)(H,24,29). The predicted molar refractivity (Wildman–Crippen MR) is 113 cm³/mol. The smallest absolute Gasteiger partial charge is 0.322 e. The Morgan fingerprint density at radius 3 is 2.69 bits per heavy atom. The fraction of sp³-hybridized carbons (Fsp3) is 0.350. The molecule has 0 radical (unpaired) electrons. The quantitative estimate of drug-likeness (QED) is 0.726. The topological polar surface area (TPSA) is 77.6 Å². The average molecular weight is 434 g/mol. The van der Waals surface area contributed by atoms with Crippen molar-refractivity contribution in [1.82, 2.24) is 20.1 Å². The first-order chi connectivity index (χ1) is 14.0. The van der Waals surface area contributed by atoms with E-state index in [1.54, 1.807) is 6.07 Å². The number of rotatable bonds is 4. The highest BCUT2D eigenvalue weighted by Crippen LogP contribution is 2.25. The first-order valence-electron chi connectivity index (χ1n) is 9.48. The number of hydrogen-bond donors (Lipinski definition) is 2. The van der Waals surface area contributed by atoms with E-state index in [2.05, 4.69) is 20.5 Å². The van der Waals surface area contributed by atoms with Crippen molar-refractivity contribution in [2.75, 3.05) is 31.5 Å². The minimum absolute atomic E-state index is 0.0252. The summed E-state index contributed by atoms with van der Waals surface area (Å²) in [6, 6.07) is 12.6. The molecule has 2 bridgehead atoms. The lowest BCUT2D eigenvalue weighted by atomic mass is 10.1. The second kappa shape index (κ2) is 8.57. The van der Waals surface area contributed by atoms with E-state index in [0.29, 0.717) is 13.1 Å². The number of carbonyl (C=O) groups is 2. The van der Waals surface area contributed by atoms with E-state index in [0.717, 1.165) is 25.2 Å². The number of nitrogens with zero attached hydrogens (tertiary/aromatic N) is 3. The van der Waals surface area contributed by atoms with Crippen LogP contribution in [-0.4, -0.2) is 65.0 Å². The molecule has 7 nitrogen and oxygen atoms in total. The maximum Gasteiger partial charge on any atom is 0.322 e. The summed E-state index contributed by atoms with van der Waals surface area (Å²) < 4.78 is 0. The molecule has 3 amide bonds. The number of carbonyl (C=O) groups excluding carboxylic acids is 2. The molecule has 2 N–H and O–H groups in total. The Bertz CT molecular complexity index is 911. The number of urea groups is 1. The van der Waals surface area contributed by atoms with Crippen LogP contribution in [0.4, 0.5) is 10.5 Å². The molecule has 2 aromatic rings. The molecular weight excluding hydrogens is 413 g/mol. The van der Waals surface area contributed by atoms with Crippen molar-refractivity contribution in [3.63, 3.8) is 0 Å². The lowest BCUT2D eigenvalue weighted by Crippen LogP contribution is -2.58. The van der Waals surface area contributed by atoms with Gasteiger partial charge in [-0.25, -0.2) is 9.78 Å². The van der Waals surface area contributed by atoms with Gasteiger partial charge in [0.2, 0.25) is 0 Å². The van der Waals surface area contributed by atoms with Gasteiger partial charge in [0.05, 0.1) is 5.02 Å². The highest BCUT2D eigenvalue weighted by atomic mass is 35.5. The molecule has 9 heteroatoms. The first kappa shape index (κ1) is 19.9. The van der Waals surface area contributed by atoms with E-state index < -0.39 is 0 Å². The van der Waals surface area contributed by atoms with E-state index in [9.17, 15) is 9.59 Å². The minimum Gasteiger partial charge on any atom is -0.349 e. The summed E-state index contributed by atoms with van der Waals surface area (Å²) in [5.74, 6) is -0.376. The number of amides is 3. The van der Waals surface area contributed by atoms with Gasteiger partial charge >= 0.3 is 6.03 Å². The number of aromatic nitrogens is 1. The van der Waals surface area contributed by atoms with Crippen molar-refractivity contribution in [2.24, 2.45) is 0 Å². The molecule has 3 atom stereocenters. The zero-order valence-electron chi connectivity index (χ0n) is 15.6. The molecule has 2 aliphatic rings. The molecular formula is C20H21Cl2N5O2. The summed E-state index contributed by atoms with van der Waals surface area (Å²) in [6.45, 7) is 2.64. The minimum atomic E-state index is -0.376. The Kier molecular flexibility index (Phi) is 5.89. The summed E-state index contributed by atoms with van der Waals surface area (Å²) in [5, 5.41) is 6.30. The fourth-order valence-electron chi connectivity index (χ4n) is 3.88. The zero-order valence-corrected chi connectivity index (χ0v) is 17.2. The van der Waals surface area contributed by atoms with Crippen molar-refractivity contribution in [2.45, 2.75) is 18.5 Å². The maximum atomic E-state index is 12.8. The van der Waals surface area contributed by atoms with E-state index >= 15 is 0 Å². The van der Waals surface area contributed by atoms with Crippen LogP contribution in [0, 0.1) is 0 Å². The lowest BCUT2D eigenvalue weighted by molar-refractivity contribution is 0.0879. The van der Waals surface area contributed by atoms with E-state index in [1.807, 2.05) is 35.2 Å². The van der Waals surface area contributed by atoms with Crippen molar-refractivity contribution < 1.29 is 9.59 Å². The van der Waals surface area contributed by atoms with Gasteiger partial charge in [-0.2, -0.15) is 0 Å². The number of hydrogen-bond acceptors (Lipinski definition) is 4.